The van der Waals surface area contributed by atoms with Crippen molar-refractivity contribution >= 4 is 76.3 Å². The van der Waals surface area contributed by atoms with Crippen LogP contribution in [-0.2, 0) is 0 Å². The van der Waals surface area contributed by atoms with E-state index in [0.29, 0.717) is 0 Å². The lowest BCUT2D eigenvalue weighted by molar-refractivity contribution is 0.616. The van der Waals surface area contributed by atoms with E-state index in [2.05, 4.69) is 144 Å². The molecule has 49 heavy (non-hydrogen) atoms. The van der Waals surface area contributed by atoms with Crippen molar-refractivity contribution in [3.05, 3.63) is 164 Å². The third kappa shape index (κ3) is 3.67. The molecule has 3 nitrogen and oxygen atoms in total. The normalized spacial score (nSPS) is 12.1. The number of fused-ring (bicyclic) bond motifs is 10. The molecule has 0 aliphatic rings. The van der Waals surface area contributed by atoms with E-state index in [4.69, 9.17) is 8.83 Å². The van der Waals surface area contributed by atoms with E-state index in [0.717, 1.165) is 44.2 Å². The van der Waals surface area contributed by atoms with Crippen LogP contribution in [0.5, 0.6) is 0 Å². The first-order valence-electron chi connectivity index (χ1n) is 16.7. The van der Waals surface area contributed by atoms with Gasteiger partial charge in [-0.25, -0.2) is 0 Å². The summed E-state index contributed by atoms with van der Waals surface area (Å²) < 4.78 is 15.1. The van der Waals surface area contributed by atoms with Gasteiger partial charge in [-0.05, 0) is 75.1 Å². The van der Waals surface area contributed by atoms with Gasteiger partial charge in [-0.1, -0.05) is 115 Å². The summed E-state index contributed by atoms with van der Waals surface area (Å²) in [5, 5.41) is 10.5. The Bertz CT molecular complexity index is 3050. The highest BCUT2D eigenvalue weighted by molar-refractivity contribution is 6.26. The quantitative estimate of drug-likeness (QED) is 0.183. The minimum Gasteiger partial charge on any atom is -0.464 e. The van der Waals surface area contributed by atoms with Gasteiger partial charge in [0.15, 0.2) is 0 Å². The summed E-state index contributed by atoms with van der Waals surface area (Å²) in [5.41, 5.74) is 10.8. The number of hydrogen-bond acceptors (Lipinski definition) is 2. The van der Waals surface area contributed by atoms with E-state index in [9.17, 15) is 0 Å². The lowest BCUT2D eigenvalue weighted by Gasteiger charge is -2.18. The summed E-state index contributed by atoms with van der Waals surface area (Å²) in [4.78, 5) is 0. The van der Waals surface area contributed by atoms with Gasteiger partial charge in [-0.3, -0.25) is 0 Å². The predicted octanol–water partition coefficient (Wildman–Crippen LogP) is 13.1. The highest BCUT2D eigenvalue weighted by atomic mass is 16.3. The zero-order chi connectivity index (χ0) is 32.1. The maximum absolute atomic E-state index is 6.40. The van der Waals surface area contributed by atoms with E-state index in [1.165, 1.54) is 60.0 Å². The molecule has 0 unspecified atom stereocenters. The molecule has 8 aromatic carbocycles. The molecule has 3 heterocycles. The average molecular weight is 626 g/mol. The van der Waals surface area contributed by atoms with Crippen molar-refractivity contribution in [1.82, 2.24) is 4.57 Å². The fourth-order valence-electron chi connectivity index (χ4n) is 8.21. The Labute approximate surface area is 280 Å². The zero-order valence-electron chi connectivity index (χ0n) is 26.4. The fraction of sp³-hybridized carbons (Fsp3) is 0. The fourth-order valence-corrected chi connectivity index (χ4v) is 8.21. The summed E-state index contributed by atoms with van der Waals surface area (Å²) >= 11 is 0. The Balaban J connectivity index is 1.26. The first-order valence-corrected chi connectivity index (χ1v) is 16.7. The highest BCUT2D eigenvalue weighted by Gasteiger charge is 2.23. The van der Waals surface area contributed by atoms with Crippen molar-refractivity contribution in [3.8, 4) is 27.9 Å². The van der Waals surface area contributed by atoms with Crippen molar-refractivity contribution < 1.29 is 8.83 Å². The van der Waals surface area contributed by atoms with Gasteiger partial charge in [0.1, 0.15) is 16.7 Å². The Hall–Kier alpha value is -6.58. The Morgan fingerprint density at radius 3 is 1.76 bits per heavy atom. The first-order chi connectivity index (χ1) is 24.3. The maximum Gasteiger partial charge on any atom is 0.146 e. The van der Waals surface area contributed by atoms with Gasteiger partial charge in [0.05, 0.1) is 22.7 Å². The van der Waals surface area contributed by atoms with Gasteiger partial charge in [-0.15, -0.1) is 0 Å². The number of benzene rings is 8. The van der Waals surface area contributed by atoms with Gasteiger partial charge in [0, 0.05) is 38.4 Å². The molecule has 0 saturated heterocycles. The van der Waals surface area contributed by atoms with Gasteiger partial charge in [0.25, 0.3) is 0 Å². The van der Waals surface area contributed by atoms with Crippen LogP contribution in [0.4, 0.5) is 0 Å². The molecular formula is C46H27NO2. The van der Waals surface area contributed by atoms with Crippen molar-refractivity contribution in [1.29, 1.82) is 0 Å². The molecule has 0 spiro atoms. The molecule has 0 fully saturated rings. The van der Waals surface area contributed by atoms with Crippen LogP contribution in [0.3, 0.4) is 0 Å². The number of hydrogen-bond donors (Lipinski definition) is 0. The van der Waals surface area contributed by atoms with E-state index in [1.807, 2.05) is 18.2 Å². The third-order valence-corrected chi connectivity index (χ3v) is 10.3. The molecule has 0 N–H and O–H groups in total. The van der Waals surface area contributed by atoms with Crippen LogP contribution in [-0.4, -0.2) is 4.57 Å². The number of nitrogens with zero attached hydrogens (tertiary/aromatic N) is 1. The summed E-state index contributed by atoms with van der Waals surface area (Å²) in [6.45, 7) is 0. The van der Waals surface area contributed by atoms with E-state index in [1.54, 1.807) is 6.26 Å². The predicted molar refractivity (Wildman–Crippen MR) is 204 cm³/mol. The highest BCUT2D eigenvalue weighted by Crippen LogP contribution is 2.48. The minimum atomic E-state index is 0.836. The molecule has 0 saturated carbocycles. The van der Waals surface area contributed by atoms with Crippen molar-refractivity contribution in [2.24, 2.45) is 0 Å². The summed E-state index contributed by atoms with van der Waals surface area (Å²) in [7, 11) is 0. The van der Waals surface area contributed by atoms with E-state index < -0.39 is 0 Å². The SMILES string of the molecule is c1ccc(-n2c3ccccc3c3ccc(-c4c5ccccc5c(-c5cc6c7ccccc7oc6c6ccoc56)c5ccccc45)cc32)cc1. The molecule has 0 bridgehead atoms. The van der Waals surface area contributed by atoms with Crippen molar-refractivity contribution in [2.75, 3.05) is 0 Å². The second-order valence-corrected chi connectivity index (χ2v) is 12.8. The van der Waals surface area contributed by atoms with Gasteiger partial charge in [0.2, 0.25) is 0 Å². The topological polar surface area (TPSA) is 31.2 Å². The smallest absolute Gasteiger partial charge is 0.146 e. The number of rotatable bonds is 3. The summed E-state index contributed by atoms with van der Waals surface area (Å²) in [6.07, 6.45) is 1.78. The van der Waals surface area contributed by atoms with Crippen LogP contribution in [0.25, 0.3) is 104 Å². The minimum absolute atomic E-state index is 0.836. The standard InChI is InChI=1S/C46H27NO2/c1-2-12-29(13-3-1)47-40-20-10-8-14-30(40)31-23-22-28(26-41(31)47)43-33-16-4-6-18-35(33)44(36-19-7-5-17-34(36)43)39-27-38-32-15-9-11-21-42(32)49-46(38)37-24-25-48-45(37)39/h1-27H. The van der Waals surface area contributed by atoms with Gasteiger partial charge < -0.3 is 13.4 Å². The Morgan fingerprint density at radius 1 is 0.388 bits per heavy atom. The Morgan fingerprint density at radius 2 is 1.00 bits per heavy atom. The van der Waals surface area contributed by atoms with E-state index in [-0.39, 0.29) is 0 Å². The van der Waals surface area contributed by atoms with Crippen LogP contribution in [0.1, 0.15) is 0 Å². The monoisotopic (exact) mass is 625 g/mol. The second kappa shape index (κ2) is 9.96. The number of para-hydroxylation sites is 3. The number of aromatic nitrogens is 1. The lowest BCUT2D eigenvalue weighted by Crippen LogP contribution is -1.94. The van der Waals surface area contributed by atoms with Crippen LogP contribution < -0.4 is 0 Å². The molecule has 0 aliphatic carbocycles. The zero-order valence-corrected chi connectivity index (χ0v) is 26.4. The first kappa shape index (κ1) is 26.5. The maximum atomic E-state index is 6.40. The summed E-state index contributed by atoms with van der Waals surface area (Å²) in [5.74, 6) is 0. The second-order valence-electron chi connectivity index (χ2n) is 12.8. The Kier molecular flexibility index (Phi) is 5.38. The van der Waals surface area contributed by atoms with Gasteiger partial charge in [-0.2, -0.15) is 0 Å². The molecule has 0 amide bonds. The average Bonchev–Trinajstić information content (AvgIpc) is 3.88. The molecule has 11 rings (SSSR count). The molecule has 3 heteroatoms. The number of furan rings is 2. The molecule has 0 radical (unpaired) electrons. The van der Waals surface area contributed by atoms with Crippen molar-refractivity contribution in [3.63, 3.8) is 0 Å². The van der Waals surface area contributed by atoms with Crippen molar-refractivity contribution in [2.45, 2.75) is 0 Å². The van der Waals surface area contributed by atoms with Crippen LogP contribution in [0.2, 0.25) is 0 Å². The third-order valence-electron chi connectivity index (χ3n) is 10.3. The van der Waals surface area contributed by atoms with Crippen LogP contribution >= 0.6 is 0 Å². The largest absolute Gasteiger partial charge is 0.464 e. The molecule has 0 atom stereocenters. The van der Waals surface area contributed by atoms with E-state index >= 15 is 0 Å². The molecule has 11 aromatic rings. The lowest BCUT2D eigenvalue weighted by atomic mass is 9.85. The van der Waals surface area contributed by atoms with Crippen LogP contribution in [0, 0.1) is 0 Å². The van der Waals surface area contributed by atoms with Crippen LogP contribution in [0.15, 0.2) is 173 Å². The molecule has 0 aliphatic heterocycles. The molecule has 3 aromatic heterocycles. The van der Waals surface area contributed by atoms with Gasteiger partial charge >= 0.3 is 0 Å². The molecular weight excluding hydrogens is 599 g/mol. The molecule has 228 valence electrons. The summed E-state index contributed by atoms with van der Waals surface area (Å²) in [6, 6.07) is 56.6.